The zero-order valence-corrected chi connectivity index (χ0v) is 26.0. The monoisotopic (exact) mass is 599 g/mol. The molecule has 1 nitrogen and oxygen atoms in total. The normalized spacial score (nSPS) is 11.0. The van der Waals surface area contributed by atoms with Crippen LogP contribution in [0.25, 0.3) is 55.3 Å². The molecule has 0 amide bonds. The van der Waals surface area contributed by atoms with Crippen molar-refractivity contribution < 1.29 is 0 Å². The van der Waals surface area contributed by atoms with Crippen LogP contribution >= 0.6 is 0 Å². The largest absolute Gasteiger partial charge is 0.310 e. The van der Waals surface area contributed by atoms with Gasteiger partial charge in [0.2, 0.25) is 0 Å². The Labute approximate surface area is 276 Å². The van der Waals surface area contributed by atoms with E-state index in [2.05, 4.69) is 205 Å². The van der Waals surface area contributed by atoms with E-state index in [1.807, 2.05) is 0 Å². The summed E-state index contributed by atoms with van der Waals surface area (Å²) in [5, 5.41) is 2.53. The molecule has 8 aromatic rings. The first kappa shape index (κ1) is 28.3. The first-order valence-electron chi connectivity index (χ1n) is 16.1. The molecule has 0 saturated carbocycles. The van der Waals surface area contributed by atoms with E-state index in [1.54, 1.807) is 0 Å². The molecule has 222 valence electrons. The number of benzene rings is 8. The van der Waals surface area contributed by atoms with Crippen molar-refractivity contribution in [3.8, 4) is 44.5 Å². The minimum atomic E-state index is 1.11. The third-order valence-corrected chi connectivity index (χ3v) is 8.83. The number of rotatable bonds is 7. The van der Waals surface area contributed by atoms with Crippen molar-refractivity contribution in [3.63, 3.8) is 0 Å². The van der Waals surface area contributed by atoms with Crippen molar-refractivity contribution in [2.75, 3.05) is 4.90 Å². The van der Waals surface area contributed by atoms with Gasteiger partial charge in [-0.25, -0.2) is 0 Å². The highest BCUT2D eigenvalue weighted by atomic mass is 15.1. The second kappa shape index (κ2) is 12.7. The fraction of sp³-hybridized carbons (Fsp3) is 0. The van der Waals surface area contributed by atoms with E-state index < -0.39 is 0 Å². The summed E-state index contributed by atoms with van der Waals surface area (Å²) < 4.78 is 0. The van der Waals surface area contributed by atoms with Gasteiger partial charge in [-0.1, -0.05) is 152 Å². The van der Waals surface area contributed by atoms with E-state index in [0.717, 1.165) is 17.1 Å². The standard InChI is InChI=1S/C46H33N/c1-4-14-34(15-5-1)40-31-41(35-16-6-2-7-17-35)33-44(32-40)47(42-22-8-3-9-23-42)43-28-26-36(27-29-43)38-20-12-21-39(30-38)46-25-13-19-37-18-10-11-24-45(37)46/h1-33H. The van der Waals surface area contributed by atoms with Crippen molar-refractivity contribution in [1.29, 1.82) is 0 Å². The third kappa shape index (κ3) is 5.83. The summed E-state index contributed by atoms with van der Waals surface area (Å²) in [6.07, 6.45) is 0. The van der Waals surface area contributed by atoms with E-state index >= 15 is 0 Å². The first-order chi connectivity index (χ1) is 23.3. The Morgan fingerprint density at radius 2 is 0.723 bits per heavy atom. The van der Waals surface area contributed by atoms with Crippen LogP contribution in [0.1, 0.15) is 0 Å². The van der Waals surface area contributed by atoms with Crippen molar-refractivity contribution >= 4 is 27.8 Å². The van der Waals surface area contributed by atoms with Crippen LogP contribution in [-0.4, -0.2) is 0 Å². The summed E-state index contributed by atoms with van der Waals surface area (Å²) >= 11 is 0. The van der Waals surface area contributed by atoms with E-state index in [4.69, 9.17) is 0 Å². The number of anilines is 3. The molecule has 0 radical (unpaired) electrons. The SMILES string of the molecule is c1ccc(-c2cc(-c3ccccc3)cc(N(c3ccccc3)c3ccc(-c4cccc(-c5cccc6ccccc56)c4)cc3)c2)cc1. The van der Waals surface area contributed by atoms with E-state index in [0.29, 0.717) is 0 Å². The van der Waals surface area contributed by atoms with Gasteiger partial charge in [0.15, 0.2) is 0 Å². The molecule has 0 atom stereocenters. The summed E-state index contributed by atoms with van der Waals surface area (Å²) in [4.78, 5) is 2.36. The first-order valence-corrected chi connectivity index (χ1v) is 16.1. The number of hydrogen-bond acceptors (Lipinski definition) is 1. The summed E-state index contributed by atoms with van der Waals surface area (Å²) in [5.74, 6) is 0. The smallest absolute Gasteiger partial charge is 0.0473 e. The lowest BCUT2D eigenvalue weighted by Gasteiger charge is -2.27. The number of para-hydroxylation sites is 1. The van der Waals surface area contributed by atoms with E-state index in [-0.39, 0.29) is 0 Å². The quantitative estimate of drug-likeness (QED) is 0.176. The van der Waals surface area contributed by atoms with Crippen LogP contribution in [0.15, 0.2) is 200 Å². The van der Waals surface area contributed by atoms with Crippen molar-refractivity contribution in [2.24, 2.45) is 0 Å². The van der Waals surface area contributed by atoms with Crippen LogP contribution in [-0.2, 0) is 0 Å². The minimum absolute atomic E-state index is 1.11. The van der Waals surface area contributed by atoms with Crippen LogP contribution in [0.3, 0.4) is 0 Å². The van der Waals surface area contributed by atoms with E-state index in [9.17, 15) is 0 Å². The molecule has 0 N–H and O–H groups in total. The number of hydrogen-bond donors (Lipinski definition) is 0. The summed E-state index contributed by atoms with van der Waals surface area (Å²) in [5.41, 5.74) is 13.0. The zero-order valence-electron chi connectivity index (χ0n) is 26.0. The Morgan fingerprint density at radius 1 is 0.255 bits per heavy atom. The predicted molar refractivity (Wildman–Crippen MR) is 200 cm³/mol. The fourth-order valence-corrected chi connectivity index (χ4v) is 6.51. The Hall–Kier alpha value is -6.18. The molecule has 0 spiro atoms. The zero-order chi connectivity index (χ0) is 31.4. The summed E-state index contributed by atoms with van der Waals surface area (Å²) in [6.45, 7) is 0. The van der Waals surface area contributed by atoms with Gasteiger partial charge >= 0.3 is 0 Å². The lowest BCUT2D eigenvalue weighted by atomic mass is 9.95. The number of fused-ring (bicyclic) bond motifs is 1. The highest BCUT2D eigenvalue weighted by Crippen LogP contribution is 2.40. The highest BCUT2D eigenvalue weighted by Gasteiger charge is 2.16. The van der Waals surface area contributed by atoms with Crippen LogP contribution in [0, 0.1) is 0 Å². The maximum Gasteiger partial charge on any atom is 0.0473 e. The van der Waals surface area contributed by atoms with Crippen molar-refractivity contribution in [2.45, 2.75) is 0 Å². The average molecular weight is 600 g/mol. The molecule has 0 aliphatic rings. The van der Waals surface area contributed by atoms with Crippen molar-refractivity contribution in [1.82, 2.24) is 0 Å². The second-order valence-electron chi connectivity index (χ2n) is 11.8. The minimum Gasteiger partial charge on any atom is -0.310 e. The molecule has 0 saturated heterocycles. The topological polar surface area (TPSA) is 3.24 Å². The van der Waals surface area contributed by atoms with Crippen LogP contribution in [0.2, 0.25) is 0 Å². The molecule has 0 aliphatic heterocycles. The van der Waals surface area contributed by atoms with Gasteiger partial charge in [0.25, 0.3) is 0 Å². The van der Waals surface area contributed by atoms with Crippen LogP contribution < -0.4 is 4.90 Å². The molecule has 0 fully saturated rings. The summed E-state index contributed by atoms with van der Waals surface area (Å²) in [7, 11) is 0. The molecule has 0 aromatic heterocycles. The fourth-order valence-electron chi connectivity index (χ4n) is 6.51. The molecule has 0 bridgehead atoms. The molecular formula is C46H33N. The van der Waals surface area contributed by atoms with Gasteiger partial charge in [-0.3, -0.25) is 0 Å². The molecule has 0 unspecified atom stereocenters. The Balaban J connectivity index is 1.22. The lowest BCUT2D eigenvalue weighted by molar-refractivity contribution is 1.28. The van der Waals surface area contributed by atoms with E-state index in [1.165, 1.54) is 55.3 Å². The lowest BCUT2D eigenvalue weighted by Crippen LogP contribution is -2.10. The van der Waals surface area contributed by atoms with Gasteiger partial charge in [-0.15, -0.1) is 0 Å². The molecular weight excluding hydrogens is 567 g/mol. The van der Waals surface area contributed by atoms with Gasteiger partial charge in [0.1, 0.15) is 0 Å². The molecule has 8 rings (SSSR count). The van der Waals surface area contributed by atoms with Gasteiger partial charge in [0, 0.05) is 17.1 Å². The van der Waals surface area contributed by atoms with Gasteiger partial charge in [0.05, 0.1) is 0 Å². The third-order valence-electron chi connectivity index (χ3n) is 8.83. The van der Waals surface area contributed by atoms with Crippen LogP contribution in [0.4, 0.5) is 17.1 Å². The second-order valence-corrected chi connectivity index (χ2v) is 11.8. The Bertz CT molecular complexity index is 2210. The molecule has 8 aromatic carbocycles. The van der Waals surface area contributed by atoms with Gasteiger partial charge < -0.3 is 4.90 Å². The molecule has 0 heterocycles. The molecule has 0 aliphatic carbocycles. The maximum absolute atomic E-state index is 2.36. The predicted octanol–water partition coefficient (Wildman–Crippen LogP) is 13.0. The average Bonchev–Trinajstić information content (AvgIpc) is 3.16. The Morgan fingerprint density at radius 3 is 1.40 bits per heavy atom. The number of nitrogens with zero attached hydrogens (tertiary/aromatic N) is 1. The Kier molecular flexibility index (Phi) is 7.63. The van der Waals surface area contributed by atoms with Crippen LogP contribution in [0.5, 0.6) is 0 Å². The molecule has 1 heteroatoms. The maximum atomic E-state index is 2.36. The summed E-state index contributed by atoms with van der Waals surface area (Å²) in [6, 6.07) is 71.8. The molecule has 47 heavy (non-hydrogen) atoms. The van der Waals surface area contributed by atoms with Crippen molar-refractivity contribution in [3.05, 3.63) is 200 Å². The van der Waals surface area contributed by atoms with Gasteiger partial charge in [-0.05, 0) is 104 Å². The van der Waals surface area contributed by atoms with Gasteiger partial charge in [-0.2, -0.15) is 0 Å². The highest BCUT2D eigenvalue weighted by molar-refractivity contribution is 5.97.